The lowest BCUT2D eigenvalue weighted by atomic mass is 9.80. The molecule has 1 aromatic rings. The molecule has 0 radical (unpaired) electrons. The molecule has 0 heterocycles. The summed E-state index contributed by atoms with van der Waals surface area (Å²) < 4.78 is 7.17. The summed E-state index contributed by atoms with van der Waals surface area (Å²) in [6.45, 7) is 18.5. The van der Waals surface area contributed by atoms with Gasteiger partial charge >= 0.3 is 0 Å². The van der Waals surface area contributed by atoms with Crippen LogP contribution in [0, 0.1) is 17.8 Å². The number of hydrogen-bond acceptors (Lipinski definition) is 1. The Labute approximate surface area is 151 Å². The molecule has 0 fully saturated rings. The molecule has 0 aliphatic rings. The quantitative estimate of drug-likeness (QED) is 0.365. The van der Waals surface area contributed by atoms with E-state index in [0.717, 1.165) is 0 Å². The Morgan fingerprint density at radius 2 is 1.42 bits per heavy atom. The maximum Gasteiger partial charge on any atom is 0.201 e. The molecule has 0 spiro atoms. The van der Waals surface area contributed by atoms with Gasteiger partial charge < -0.3 is 4.43 Å². The van der Waals surface area contributed by atoms with E-state index in [-0.39, 0.29) is 11.5 Å². The van der Waals surface area contributed by atoms with E-state index in [1.165, 1.54) is 5.56 Å². The predicted molar refractivity (Wildman–Crippen MR) is 109 cm³/mol. The lowest BCUT2D eigenvalue weighted by Crippen LogP contribution is -2.50. The predicted octanol–water partition coefficient (Wildman–Crippen LogP) is 6.97. The van der Waals surface area contributed by atoms with Gasteiger partial charge in [-0.05, 0) is 22.2 Å². The van der Waals surface area contributed by atoms with E-state index in [4.69, 9.17) is 10.8 Å². The van der Waals surface area contributed by atoms with E-state index in [1.54, 1.807) is 0 Å². The molecule has 1 aromatic carbocycles. The van der Waals surface area contributed by atoms with Crippen LogP contribution in [0.3, 0.4) is 0 Å². The van der Waals surface area contributed by atoms with Gasteiger partial charge in [-0.1, -0.05) is 85.7 Å². The van der Waals surface area contributed by atoms with Crippen molar-refractivity contribution in [3.8, 4) is 12.3 Å². The van der Waals surface area contributed by atoms with Gasteiger partial charge in [0.25, 0.3) is 0 Å². The Morgan fingerprint density at radius 3 is 1.79 bits per heavy atom. The van der Waals surface area contributed by atoms with Crippen molar-refractivity contribution >= 4 is 8.32 Å². The smallest absolute Gasteiger partial charge is 0.201 e. The highest BCUT2D eigenvalue weighted by Gasteiger charge is 2.49. The van der Waals surface area contributed by atoms with E-state index in [2.05, 4.69) is 91.6 Å². The van der Waals surface area contributed by atoms with Crippen LogP contribution >= 0.6 is 0 Å². The van der Waals surface area contributed by atoms with Crippen molar-refractivity contribution in [3.05, 3.63) is 35.9 Å². The van der Waals surface area contributed by atoms with Gasteiger partial charge in [0.2, 0.25) is 8.32 Å². The second-order valence-electron chi connectivity index (χ2n) is 8.60. The molecule has 0 aliphatic carbocycles. The lowest BCUT2D eigenvalue weighted by molar-refractivity contribution is 0.0588. The van der Waals surface area contributed by atoms with Gasteiger partial charge in [0.1, 0.15) is 0 Å². The minimum atomic E-state index is -1.98. The van der Waals surface area contributed by atoms with Crippen molar-refractivity contribution < 1.29 is 4.43 Å². The molecule has 1 atom stereocenters. The van der Waals surface area contributed by atoms with E-state index in [0.29, 0.717) is 23.0 Å². The zero-order valence-corrected chi connectivity index (χ0v) is 17.9. The van der Waals surface area contributed by atoms with Gasteiger partial charge in [0.05, 0.1) is 6.10 Å². The molecule has 0 aliphatic heterocycles. The van der Waals surface area contributed by atoms with Crippen molar-refractivity contribution in [1.82, 2.24) is 0 Å². The molecule has 1 nitrogen and oxygen atoms in total. The summed E-state index contributed by atoms with van der Waals surface area (Å²) in [5.74, 6) is 2.87. The fourth-order valence-electron chi connectivity index (χ4n) is 4.27. The maximum atomic E-state index is 7.17. The zero-order valence-electron chi connectivity index (χ0n) is 16.9. The highest BCUT2D eigenvalue weighted by atomic mass is 28.4. The monoisotopic (exact) mass is 344 g/mol. The fraction of sp³-hybridized carbons (Fsp3) is 0.636. The molecule has 0 saturated carbocycles. The van der Waals surface area contributed by atoms with Gasteiger partial charge in [-0.25, -0.2) is 0 Å². The normalized spacial score (nSPS) is 14.2. The van der Waals surface area contributed by atoms with Crippen LogP contribution in [0.1, 0.15) is 73.5 Å². The summed E-state index contributed by atoms with van der Waals surface area (Å²) in [6, 6.07) is 10.6. The molecular weight excluding hydrogens is 308 g/mol. The Kier molecular flexibility index (Phi) is 7.32. The summed E-state index contributed by atoms with van der Waals surface area (Å²) in [6.07, 6.45) is 6.43. The number of benzene rings is 1. The average Bonchev–Trinajstić information content (AvgIpc) is 2.47. The van der Waals surface area contributed by atoms with Crippen molar-refractivity contribution in [3.63, 3.8) is 0 Å². The van der Waals surface area contributed by atoms with Crippen LogP contribution in [-0.2, 0) is 4.43 Å². The van der Waals surface area contributed by atoms with Gasteiger partial charge in [0.15, 0.2) is 0 Å². The Balaban J connectivity index is 3.42. The van der Waals surface area contributed by atoms with Gasteiger partial charge in [-0.3, -0.25) is 0 Å². The fourth-order valence-corrected chi connectivity index (χ4v) is 9.95. The molecule has 24 heavy (non-hydrogen) atoms. The molecule has 0 bridgehead atoms. The molecule has 0 aromatic heterocycles. The van der Waals surface area contributed by atoms with Crippen molar-refractivity contribution in [2.75, 3.05) is 0 Å². The SMILES string of the molecule is C#CCC(C)(C)C(O[Si](C(C)C)(C(C)C)C(C)C)c1ccccc1. The third kappa shape index (κ3) is 4.32. The standard InChI is InChI=1S/C22H36OSi/c1-10-16-22(8,9)21(20-14-12-11-13-15-20)23-24(17(2)3,18(4)5)19(6)7/h1,11-15,17-19,21H,16H2,2-9H3. The Hall–Kier alpha value is -1.04. The average molecular weight is 345 g/mol. The minimum Gasteiger partial charge on any atom is -0.409 e. The van der Waals surface area contributed by atoms with Crippen LogP contribution in [0.25, 0.3) is 0 Å². The van der Waals surface area contributed by atoms with Crippen LogP contribution < -0.4 is 0 Å². The summed E-state index contributed by atoms with van der Waals surface area (Å²) in [7, 11) is -1.98. The zero-order chi connectivity index (χ0) is 18.5. The second kappa shape index (κ2) is 8.36. The number of rotatable bonds is 8. The van der Waals surface area contributed by atoms with Crippen molar-refractivity contribution in [2.45, 2.75) is 84.5 Å². The summed E-state index contributed by atoms with van der Waals surface area (Å²) in [5, 5.41) is 0. The molecule has 134 valence electrons. The highest BCUT2D eigenvalue weighted by molar-refractivity contribution is 6.77. The third-order valence-corrected chi connectivity index (χ3v) is 11.5. The minimum absolute atomic E-state index is 0.0358. The lowest BCUT2D eigenvalue weighted by Gasteiger charge is -2.48. The van der Waals surface area contributed by atoms with E-state index >= 15 is 0 Å². The van der Waals surface area contributed by atoms with Crippen LogP contribution in [0.4, 0.5) is 0 Å². The first-order valence-corrected chi connectivity index (χ1v) is 11.4. The van der Waals surface area contributed by atoms with Crippen LogP contribution in [0.5, 0.6) is 0 Å². The Morgan fingerprint density at radius 1 is 0.958 bits per heavy atom. The third-order valence-electron chi connectivity index (χ3n) is 5.40. The summed E-state index contributed by atoms with van der Waals surface area (Å²) >= 11 is 0. The first kappa shape index (κ1) is 21.0. The topological polar surface area (TPSA) is 9.23 Å². The summed E-state index contributed by atoms with van der Waals surface area (Å²) in [4.78, 5) is 0. The molecule has 1 unspecified atom stereocenters. The van der Waals surface area contributed by atoms with E-state index in [1.807, 2.05) is 0 Å². The molecule has 0 N–H and O–H groups in total. The number of terminal acetylenes is 1. The van der Waals surface area contributed by atoms with E-state index < -0.39 is 8.32 Å². The first-order chi connectivity index (χ1) is 11.1. The summed E-state index contributed by atoms with van der Waals surface area (Å²) in [5.41, 5.74) is 2.84. The molecule has 0 amide bonds. The second-order valence-corrected chi connectivity index (χ2v) is 14.0. The van der Waals surface area contributed by atoms with Crippen molar-refractivity contribution in [1.29, 1.82) is 0 Å². The maximum absolute atomic E-state index is 7.17. The van der Waals surface area contributed by atoms with Crippen LogP contribution in [0.15, 0.2) is 30.3 Å². The van der Waals surface area contributed by atoms with E-state index in [9.17, 15) is 0 Å². The molecular formula is C22H36OSi. The van der Waals surface area contributed by atoms with Gasteiger partial charge in [-0.2, -0.15) is 0 Å². The van der Waals surface area contributed by atoms with Gasteiger partial charge in [-0.15, -0.1) is 12.3 Å². The molecule has 1 rings (SSSR count). The first-order valence-electron chi connectivity index (χ1n) is 9.25. The highest BCUT2D eigenvalue weighted by Crippen LogP contribution is 2.49. The van der Waals surface area contributed by atoms with Gasteiger partial charge in [0, 0.05) is 11.8 Å². The Bertz CT molecular complexity index is 515. The largest absolute Gasteiger partial charge is 0.409 e. The number of hydrogen-bond donors (Lipinski definition) is 0. The van der Waals surface area contributed by atoms with Crippen LogP contribution in [0.2, 0.25) is 16.6 Å². The molecule has 2 heteroatoms. The van der Waals surface area contributed by atoms with Crippen LogP contribution in [-0.4, -0.2) is 8.32 Å². The molecule has 0 saturated heterocycles. The van der Waals surface area contributed by atoms with Crippen molar-refractivity contribution in [2.24, 2.45) is 5.41 Å².